The number of ether oxygens (including phenoxy) is 1. The van der Waals surface area contributed by atoms with E-state index in [1.54, 1.807) is 12.2 Å². The molecule has 0 aromatic heterocycles. The fourth-order valence-corrected chi connectivity index (χ4v) is 2.87. The molecule has 2 rings (SSSR count). The zero-order valence-electron chi connectivity index (χ0n) is 12.5. The maximum atomic E-state index is 12.3. The number of hydrogen-bond donors (Lipinski definition) is 2. The highest BCUT2D eigenvalue weighted by atomic mass is 16.6. The smallest absolute Gasteiger partial charge is 0.335 e. The van der Waals surface area contributed by atoms with Crippen LogP contribution in [0.3, 0.4) is 0 Å². The molecule has 0 amide bonds. The Bertz CT molecular complexity index is 552. The fraction of sp³-hybridized carbons (Fsp3) is 0.500. The van der Waals surface area contributed by atoms with Gasteiger partial charge in [-0.2, -0.15) is 0 Å². The van der Waals surface area contributed by atoms with Gasteiger partial charge in [0.25, 0.3) is 0 Å². The van der Waals surface area contributed by atoms with Gasteiger partial charge in [-0.15, -0.1) is 0 Å². The highest BCUT2D eigenvalue weighted by Crippen LogP contribution is 2.36. The van der Waals surface area contributed by atoms with Crippen LogP contribution >= 0.6 is 0 Å². The molecule has 124 valence electrons. The molecule has 2 aliphatic rings. The number of esters is 2. The second kappa shape index (κ2) is 6.36. The minimum Gasteiger partial charge on any atom is -0.480 e. The van der Waals surface area contributed by atoms with Gasteiger partial charge >= 0.3 is 23.9 Å². The monoisotopic (exact) mass is 322 g/mol. The summed E-state index contributed by atoms with van der Waals surface area (Å²) in [5.41, 5.74) is -3.85. The van der Waals surface area contributed by atoms with Gasteiger partial charge in [0.05, 0.1) is 0 Å². The highest BCUT2D eigenvalue weighted by Gasteiger charge is 2.52. The Balaban J connectivity index is 2.26. The molecule has 0 fully saturated rings. The number of carbonyl (C=O) groups is 4. The van der Waals surface area contributed by atoms with E-state index in [0.717, 1.165) is 0 Å². The Morgan fingerprint density at radius 2 is 1.17 bits per heavy atom. The van der Waals surface area contributed by atoms with Crippen molar-refractivity contribution in [2.24, 2.45) is 10.8 Å². The van der Waals surface area contributed by atoms with E-state index in [9.17, 15) is 29.4 Å². The number of carboxylic acid groups (broad SMARTS) is 2. The van der Waals surface area contributed by atoms with Crippen LogP contribution in [0, 0.1) is 10.8 Å². The summed E-state index contributed by atoms with van der Waals surface area (Å²) in [7, 11) is 0. The Morgan fingerprint density at radius 3 is 1.43 bits per heavy atom. The average molecular weight is 322 g/mol. The van der Waals surface area contributed by atoms with Gasteiger partial charge in [-0.05, 0) is 38.5 Å². The number of aliphatic carboxylic acids is 2. The Morgan fingerprint density at radius 1 is 0.783 bits per heavy atom. The second-order valence-corrected chi connectivity index (χ2v) is 5.82. The maximum Gasteiger partial charge on any atom is 0.335 e. The lowest BCUT2D eigenvalue weighted by molar-refractivity contribution is -0.178. The van der Waals surface area contributed by atoms with Crippen molar-refractivity contribution >= 4 is 23.9 Å². The molecule has 2 unspecified atom stereocenters. The van der Waals surface area contributed by atoms with Crippen LogP contribution in [-0.2, 0) is 23.9 Å². The average Bonchev–Trinajstić information content (AvgIpc) is 2.55. The molecule has 2 atom stereocenters. The van der Waals surface area contributed by atoms with E-state index in [1.807, 2.05) is 0 Å². The van der Waals surface area contributed by atoms with Crippen LogP contribution in [0.5, 0.6) is 0 Å². The molecule has 0 aliphatic heterocycles. The first-order valence-corrected chi connectivity index (χ1v) is 7.44. The largest absolute Gasteiger partial charge is 0.480 e. The summed E-state index contributed by atoms with van der Waals surface area (Å²) >= 11 is 0. The number of rotatable bonds is 4. The van der Waals surface area contributed by atoms with Crippen LogP contribution in [0.2, 0.25) is 0 Å². The number of carboxylic acids is 2. The van der Waals surface area contributed by atoms with Crippen LogP contribution in [0.1, 0.15) is 38.5 Å². The molecule has 0 heterocycles. The van der Waals surface area contributed by atoms with Gasteiger partial charge in [-0.3, -0.25) is 9.59 Å². The van der Waals surface area contributed by atoms with Crippen molar-refractivity contribution < 1.29 is 34.1 Å². The third kappa shape index (κ3) is 2.91. The number of carbonyl (C=O) groups excluding carboxylic acids is 2. The molecule has 0 bridgehead atoms. The van der Waals surface area contributed by atoms with E-state index in [-0.39, 0.29) is 12.8 Å². The lowest BCUT2D eigenvalue weighted by atomic mass is 9.77. The molecule has 0 aromatic rings. The minimum atomic E-state index is -1.92. The van der Waals surface area contributed by atoms with Gasteiger partial charge in [0.1, 0.15) is 0 Å². The molecule has 0 spiro atoms. The van der Waals surface area contributed by atoms with E-state index in [4.69, 9.17) is 4.74 Å². The molecule has 0 saturated heterocycles. The second-order valence-electron chi connectivity index (χ2n) is 5.82. The van der Waals surface area contributed by atoms with Crippen molar-refractivity contribution in [1.29, 1.82) is 0 Å². The first kappa shape index (κ1) is 16.9. The Kier molecular flexibility index (Phi) is 4.68. The van der Waals surface area contributed by atoms with E-state index < -0.39 is 34.7 Å². The summed E-state index contributed by atoms with van der Waals surface area (Å²) in [6.07, 6.45) is 7.79. The summed E-state index contributed by atoms with van der Waals surface area (Å²) in [5, 5.41) is 18.7. The van der Waals surface area contributed by atoms with E-state index in [0.29, 0.717) is 25.7 Å². The molecule has 0 aromatic carbocycles. The van der Waals surface area contributed by atoms with Crippen molar-refractivity contribution in [3.8, 4) is 0 Å². The summed E-state index contributed by atoms with van der Waals surface area (Å²) in [6, 6.07) is 0. The SMILES string of the molecule is O=C(O)C1(C(=O)OC(=O)C2(C(=O)O)C=CCCC2)C=CCCC1. The number of hydrogen-bond acceptors (Lipinski definition) is 5. The van der Waals surface area contributed by atoms with Gasteiger partial charge in [-0.25, -0.2) is 9.59 Å². The van der Waals surface area contributed by atoms with E-state index >= 15 is 0 Å². The van der Waals surface area contributed by atoms with Crippen LogP contribution in [0.15, 0.2) is 24.3 Å². The summed E-state index contributed by atoms with van der Waals surface area (Å²) in [6.45, 7) is 0. The fourth-order valence-electron chi connectivity index (χ4n) is 2.87. The van der Waals surface area contributed by atoms with Crippen LogP contribution < -0.4 is 0 Å². The standard InChI is InChI=1S/C16H18O7/c17-11(18)15(7-3-1-4-8-15)13(21)23-14(22)16(12(19)20)9-5-2-6-10-16/h3,5,7,9H,1-2,4,6,8,10H2,(H,17,18)(H,19,20). The third-order valence-corrected chi connectivity index (χ3v) is 4.37. The maximum absolute atomic E-state index is 12.3. The summed E-state index contributed by atoms with van der Waals surface area (Å²) in [5.74, 6) is -5.28. The molecular formula is C16H18O7. The zero-order chi connectivity index (χ0) is 17.1. The van der Waals surface area contributed by atoms with Gasteiger partial charge in [0.2, 0.25) is 0 Å². The number of allylic oxidation sites excluding steroid dienone is 2. The van der Waals surface area contributed by atoms with Gasteiger partial charge in [-0.1, -0.05) is 24.3 Å². The lowest BCUT2D eigenvalue weighted by Gasteiger charge is -2.29. The summed E-state index contributed by atoms with van der Waals surface area (Å²) < 4.78 is 4.72. The van der Waals surface area contributed by atoms with Crippen molar-refractivity contribution in [3.05, 3.63) is 24.3 Å². The molecule has 7 heteroatoms. The quantitative estimate of drug-likeness (QED) is 0.459. The molecule has 7 nitrogen and oxygen atoms in total. The molecule has 0 saturated carbocycles. The molecule has 0 radical (unpaired) electrons. The molecule has 23 heavy (non-hydrogen) atoms. The first-order chi connectivity index (χ1) is 10.8. The third-order valence-electron chi connectivity index (χ3n) is 4.37. The van der Waals surface area contributed by atoms with Crippen molar-refractivity contribution in [3.63, 3.8) is 0 Å². The van der Waals surface area contributed by atoms with E-state index in [2.05, 4.69) is 0 Å². The van der Waals surface area contributed by atoms with Gasteiger partial charge < -0.3 is 14.9 Å². The molecule has 2 aliphatic carbocycles. The normalized spacial score (nSPS) is 29.7. The first-order valence-electron chi connectivity index (χ1n) is 7.44. The molecular weight excluding hydrogens is 304 g/mol. The van der Waals surface area contributed by atoms with Crippen LogP contribution in [0.4, 0.5) is 0 Å². The van der Waals surface area contributed by atoms with Crippen LogP contribution in [0.25, 0.3) is 0 Å². The predicted octanol–water partition coefficient (Wildman–Crippen LogP) is 1.68. The predicted molar refractivity (Wildman–Crippen MR) is 77.2 cm³/mol. The van der Waals surface area contributed by atoms with Gasteiger partial charge in [0, 0.05) is 0 Å². The van der Waals surface area contributed by atoms with Gasteiger partial charge in [0.15, 0.2) is 10.8 Å². The van der Waals surface area contributed by atoms with Crippen molar-refractivity contribution in [1.82, 2.24) is 0 Å². The minimum absolute atomic E-state index is 0.0147. The Labute approximate surface area is 132 Å². The summed E-state index contributed by atoms with van der Waals surface area (Å²) in [4.78, 5) is 47.6. The van der Waals surface area contributed by atoms with Crippen molar-refractivity contribution in [2.75, 3.05) is 0 Å². The van der Waals surface area contributed by atoms with Crippen molar-refractivity contribution in [2.45, 2.75) is 38.5 Å². The topological polar surface area (TPSA) is 118 Å². The van der Waals surface area contributed by atoms with Crippen LogP contribution in [-0.4, -0.2) is 34.1 Å². The highest BCUT2D eigenvalue weighted by molar-refractivity contribution is 6.09. The molecule has 2 N–H and O–H groups in total. The zero-order valence-corrected chi connectivity index (χ0v) is 12.5. The van der Waals surface area contributed by atoms with E-state index in [1.165, 1.54) is 12.2 Å². The Hall–Kier alpha value is -2.44. The lowest BCUT2D eigenvalue weighted by Crippen LogP contribution is -2.46.